The van der Waals surface area contributed by atoms with E-state index in [-0.39, 0.29) is 51.7 Å². The van der Waals surface area contributed by atoms with Crippen LogP contribution in [0.4, 0.5) is 5.13 Å². The number of hydrogen-bond donors (Lipinski definition) is 4. The number of anilines is 1. The summed E-state index contributed by atoms with van der Waals surface area (Å²) in [6.45, 7) is 0.976. The first-order valence-corrected chi connectivity index (χ1v) is 13.5. The summed E-state index contributed by atoms with van der Waals surface area (Å²) in [6, 6.07) is -0.801. The predicted molar refractivity (Wildman–Crippen MR) is 146 cm³/mol. The van der Waals surface area contributed by atoms with Crippen molar-refractivity contribution in [3.8, 4) is 0 Å². The lowest BCUT2D eigenvalue weighted by Crippen LogP contribution is -2.69. The number of aromatic amines is 1. The number of allylic oxidation sites excluding steroid dienone is 1. The van der Waals surface area contributed by atoms with Gasteiger partial charge in [-0.1, -0.05) is 5.16 Å². The van der Waals surface area contributed by atoms with Crippen molar-refractivity contribution in [3.05, 3.63) is 55.5 Å². The van der Waals surface area contributed by atoms with Crippen LogP contribution in [0.5, 0.6) is 0 Å². The highest BCUT2D eigenvalue weighted by molar-refractivity contribution is 8.00. The molecule has 0 saturated carbocycles. The third-order valence-electron chi connectivity index (χ3n) is 5.38. The van der Waals surface area contributed by atoms with Crippen molar-refractivity contribution in [1.82, 2.24) is 30.0 Å². The van der Waals surface area contributed by atoms with Crippen molar-refractivity contribution in [2.45, 2.75) is 24.9 Å². The van der Waals surface area contributed by atoms with Crippen LogP contribution in [0.25, 0.3) is 4.91 Å². The molecule has 4 N–H and O–H groups in total. The minimum absolute atomic E-state index is 0.0517. The fourth-order valence-electron chi connectivity index (χ4n) is 3.67. The molecule has 2 atom stereocenters. The predicted octanol–water partition coefficient (Wildman–Crippen LogP) is -0.861. The van der Waals surface area contributed by atoms with E-state index in [1.807, 2.05) is 0 Å². The van der Waals surface area contributed by atoms with Gasteiger partial charge in [-0.15, -0.1) is 35.7 Å². The number of esters is 1. The molecule has 0 spiro atoms. The second kappa shape index (κ2) is 11.9. The molecule has 0 bridgehead atoms. The lowest BCUT2D eigenvalue weighted by Gasteiger charge is -2.47. The molecule has 206 valence electrons. The Morgan fingerprint density at radius 3 is 2.82 bits per heavy atom. The molecular weight excluding hydrogens is 572 g/mol. The van der Waals surface area contributed by atoms with E-state index in [9.17, 15) is 24.0 Å². The van der Waals surface area contributed by atoms with Crippen molar-refractivity contribution in [2.75, 3.05) is 25.2 Å². The first kappa shape index (κ1) is 28.1. The van der Waals surface area contributed by atoms with Crippen molar-refractivity contribution in [3.63, 3.8) is 0 Å². The van der Waals surface area contributed by atoms with E-state index in [0.717, 1.165) is 15.9 Å². The largest absolute Gasteiger partial charge is 0.464 e. The molecule has 15 nitrogen and oxygen atoms in total. The Morgan fingerprint density at radius 1 is 1.38 bits per heavy atom. The van der Waals surface area contributed by atoms with Crippen LogP contribution >= 0.6 is 35.7 Å². The number of nitrogens with zero attached hydrogens (tertiary/aromatic N) is 5. The monoisotopic (exact) mass is 594 g/mol. The molecule has 0 radical (unpaired) electrons. The van der Waals surface area contributed by atoms with Crippen molar-refractivity contribution in [2.24, 2.45) is 5.16 Å². The van der Waals surface area contributed by atoms with E-state index in [1.54, 1.807) is 17.7 Å². The summed E-state index contributed by atoms with van der Waals surface area (Å²) >= 11 is 6.97. The molecule has 18 heteroatoms. The smallest absolute Gasteiger partial charge is 0.330 e. The Bertz CT molecular complexity index is 1530. The molecule has 0 aromatic carbocycles. The number of carbonyl (C=O) groups excluding carboxylic acids is 3. The van der Waals surface area contributed by atoms with Crippen LogP contribution in [-0.4, -0.2) is 79.0 Å². The minimum Gasteiger partial charge on any atom is -0.464 e. The number of amides is 2. The van der Waals surface area contributed by atoms with E-state index in [2.05, 4.69) is 38.3 Å². The summed E-state index contributed by atoms with van der Waals surface area (Å²) in [7, 11) is 1.29. The molecule has 2 unspecified atom stereocenters. The van der Waals surface area contributed by atoms with Crippen LogP contribution in [0, 0.1) is 0 Å². The Kier molecular flexibility index (Phi) is 8.56. The van der Waals surface area contributed by atoms with Crippen LogP contribution in [-0.2, 0) is 30.5 Å². The Balaban J connectivity index is 1.48. The summed E-state index contributed by atoms with van der Waals surface area (Å²) in [4.78, 5) is 71.4. The normalized spacial score (nSPS) is 19.1. The number of rotatable bonds is 9. The fraction of sp³-hybridized carbons (Fsp3) is 0.333. The molecule has 1 fully saturated rings. The van der Waals surface area contributed by atoms with Gasteiger partial charge in [0, 0.05) is 29.2 Å². The zero-order valence-corrected chi connectivity index (χ0v) is 23.0. The van der Waals surface area contributed by atoms with Gasteiger partial charge >= 0.3 is 17.1 Å². The lowest BCUT2D eigenvalue weighted by molar-refractivity contribution is -0.144. The van der Waals surface area contributed by atoms with Gasteiger partial charge in [-0.25, -0.2) is 10.1 Å². The number of nitrogens with one attached hydrogen (secondary N) is 2. The second-order valence-electron chi connectivity index (χ2n) is 8.00. The zero-order valence-electron chi connectivity index (χ0n) is 20.4. The van der Waals surface area contributed by atoms with Gasteiger partial charge in [0.25, 0.3) is 11.8 Å². The number of aromatic nitrogens is 4. The molecule has 2 aromatic rings. The van der Waals surface area contributed by atoms with Gasteiger partial charge in [-0.05, 0) is 11.6 Å². The molecule has 39 heavy (non-hydrogen) atoms. The number of thioether (sulfide) groups is 1. The number of hydrogen-bond acceptors (Lipinski definition) is 14. The van der Waals surface area contributed by atoms with E-state index >= 15 is 0 Å². The molecule has 2 aliphatic heterocycles. The Labute approximate surface area is 233 Å². The second-order valence-corrected chi connectivity index (χ2v) is 10.5. The number of thiol groups is 1. The minimum atomic E-state index is -0.936. The highest BCUT2D eigenvalue weighted by Gasteiger charge is 2.49. The highest BCUT2D eigenvalue weighted by Crippen LogP contribution is 2.37. The highest BCUT2D eigenvalue weighted by atomic mass is 32.2. The van der Waals surface area contributed by atoms with E-state index in [1.165, 1.54) is 30.7 Å². The van der Waals surface area contributed by atoms with Gasteiger partial charge < -0.3 is 25.5 Å². The SMILES string of the molecule is CON=C(C(=O)NC1C(=O)N2C=C(C=C(S)c3n[nH]c(=O)c(=O)n3CCOC(C)=O)CSC12)c1csc(N)n1. The van der Waals surface area contributed by atoms with Crippen LogP contribution in [0.15, 0.2) is 38.0 Å². The molecule has 4 rings (SSSR count). The van der Waals surface area contributed by atoms with Crippen molar-refractivity contribution in [1.29, 1.82) is 0 Å². The first-order chi connectivity index (χ1) is 18.6. The van der Waals surface area contributed by atoms with E-state index in [0.29, 0.717) is 11.3 Å². The third-order valence-corrected chi connectivity index (χ3v) is 7.73. The molecular formula is C21H22N8O7S3. The summed E-state index contributed by atoms with van der Waals surface area (Å²) in [5.41, 5.74) is 4.62. The molecule has 2 aliphatic rings. The maximum absolute atomic E-state index is 12.8. The number of thiazole rings is 1. The molecule has 4 heterocycles. The van der Waals surface area contributed by atoms with Crippen molar-refractivity contribution >= 4 is 69.3 Å². The molecule has 2 amide bonds. The summed E-state index contributed by atoms with van der Waals surface area (Å²) in [6.07, 6.45) is 3.21. The lowest BCUT2D eigenvalue weighted by atomic mass is 10.1. The number of β-lactam (4-membered cyclic amide) rings is 1. The maximum Gasteiger partial charge on any atom is 0.330 e. The van der Waals surface area contributed by atoms with Gasteiger partial charge in [-0.2, -0.15) is 5.10 Å². The number of fused-ring (bicyclic) bond motifs is 1. The van der Waals surface area contributed by atoms with E-state index in [4.69, 9.17) is 15.3 Å². The Hall–Kier alpha value is -3.90. The molecule has 1 saturated heterocycles. The number of oxime groups is 1. The van der Waals surface area contributed by atoms with Crippen LogP contribution in [0.2, 0.25) is 0 Å². The summed E-state index contributed by atoms with van der Waals surface area (Å²) in [5, 5.41) is 13.9. The van der Waals surface area contributed by atoms with E-state index < -0.39 is 29.0 Å². The van der Waals surface area contributed by atoms with Crippen LogP contribution in [0.1, 0.15) is 18.4 Å². The molecule has 0 aliphatic carbocycles. The molecule has 2 aromatic heterocycles. The number of nitrogens with two attached hydrogens (primary N) is 1. The van der Waals surface area contributed by atoms with Gasteiger partial charge in [0.05, 0.1) is 6.54 Å². The summed E-state index contributed by atoms with van der Waals surface area (Å²) in [5.74, 6) is -1.03. The topological polar surface area (TPSA) is 204 Å². The average Bonchev–Trinajstić information content (AvgIpc) is 3.33. The standard InChI is InChI=1S/C21H22N8O7S3/c1-9(30)36-4-3-28-15(25-26-17(32)19(28)34)12(37)5-10-6-29-18(33)14(20(29)38-7-10)24-16(31)13(27-35-2)11-8-39-21(22)23-11/h5-6,8,14,20,37H,3-4,7H2,1-2H3,(H2,22,23)(H,24,31)(H,26,32). The maximum atomic E-state index is 12.8. The van der Waals surface area contributed by atoms with Gasteiger partial charge in [-0.3, -0.25) is 28.5 Å². The number of carbonyl (C=O) groups is 3. The summed E-state index contributed by atoms with van der Waals surface area (Å²) < 4.78 is 5.92. The van der Waals surface area contributed by atoms with Gasteiger partial charge in [0.1, 0.15) is 30.8 Å². The average molecular weight is 595 g/mol. The first-order valence-electron chi connectivity index (χ1n) is 11.1. The zero-order chi connectivity index (χ0) is 28.3. The van der Waals surface area contributed by atoms with Gasteiger partial charge in [0.2, 0.25) is 0 Å². The number of nitrogen functional groups attached to an aromatic ring is 1. The fourth-order valence-corrected chi connectivity index (χ4v) is 5.77. The third kappa shape index (κ3) is 6.07. The van der Waals surface area contributed by atoms with Crippen LogP contribution in [0.3, 0.4) is 0 Å². The quantitative estimate of drug-likeness (QED) is 0.0702. The number of H-pyrrole nitrogens is 1. The van der Waals surface area contributed by atoms with Crippen LogP contribution < -0.4 is 22.2 Å². The van der Waals surface area contributed by atoms with Gasteiger partial charge in [0.15, 0.2) is 16.7 Å². The number of ether oxygens (including phenoxy) is 1. The Morgan fingerprint density at radius 2 is 2.15 bits per heavy atom. The van der Waals surface area contributed by atoms with Crippen molar-refractivity contribution < 1.29 is 24.0 Å².